The minimum atomic E-state index is 0.00351. The molecule has 1 unspecified atom stereocenters. The van der Waals surface area contributed by atoms with Crippen LogP contribution in [-0.4, -0.2) is 76.4 Å². The lowest BCUT2D eigenvalue weighted by Gasteiger charge is -2.53. The van der Waals surface area contributed by atoms with Crippen LogP contribution in [-0.2, 0) is 11.2 Å². The van der Waals surface area contributed by atoms with Crippen LogP contribution in [0.3, 0.4) is 0 Å². The molecule has 4 heterocycles. The highest BCUT2D eigenvalue weighted by molar-refractivity contribution is 5.86. The van der Waals surface area contributed by atoms with Gasteiger partial charge in [-0.1, -0.05) is 13.0 Å². The standard InChI is InChI=1S/C31H42N6O3/c1-20-30(3,13-15-38)17-23-16-22(6-7-26(23)35(20)4)25-10-14-37-27(25)28(40-5)33-29(34-37)32-24-8-11-31(12-9-24)18-36(19-31)21(2)39/h6-7,10,14,16,20,24,38H,8-9,11-13,15,17-19H2,1-5H3,(H,32,34)/t20?,30-/m1/s1. The summed E-state index contributed by atoms with van der Waals surface area (Å²) in [6, 6.07) is 9.39. The smallest absolute Gasteiger partial charge is 0.244 e. The monoisotopic (exact) mass is 546 g/mol. The molecule has 2 aliphatic heterocycles. The summed E-state index contributed by atoms with van der Waals surface area (Å²) in [5.74, 6) is 1.31. The van der Waals surface area contributed by atoms with Crippen molar-refractivity contribution in [2.75, 3.05) is 44.1 Å². The average Bonchev–Trinajstić information content (AvgIpc) is 3.34. The number of nitrogens with one attached hydrogen (secondary N) is 1. The number of carbonyl (C=O) groups is 1. The quantitative estimate of drug-likeness (QED) is 0.474. The largest absolute Gasteiger partial charge is 0.479 e. The average molecular weight is 547 g/mol. The fourth-order valence-corrected chi connectivity index (χ4v) is 7.34. The summed E-state index contributed by atoms with van der Waals surface area (Å²) in [6.45, 7) is 8.18. The van der Waals surface area contributed by atoms with Crippen LogP contribution in [0, 0.1) is 10.8 Å². The van der Waals surface area contributed by atoms with E-state index in [9.17, 15) is 9.90 Å². The number of likely N-dealkylation sites (tertiary alicyclic amines) is 1. The van der Waals surface area contributed by atoms with E-state index < -0.39 is 0 Å². The summed E-state index contributed by atoms with van der Waals surface area (Å²) in [5, 5.41) is 18.1. The summed E-state index contributed by atoms with van der Waals surface area (Å²) >= 11 is 0. The predicted molar refractivity (Wildman–Crippen MR) is 157 cm³/mol. The lowest BCUT2D eigenvalue weighted by atomic mass is 9.67. The number of nitrogens with zero attached hydrogens (tertiary/aromatic N) is 5. The van der Waals surface area contributed by atoms with E-state index in [0.29, 0.717) is 29.3 Å². The maximum Gasteiger partial charge on any atom is 0.244 e. The lowest BCUT2D eigenvalue weighted by Crippen LogP contribution is -2.59. The molecule has 2 atom stereocenters. The maximum atomic E-state index is 11.6. The number of hydrogen-bond donors (Lipinski definition) is 2. The van der Waals surface area contributed by atoms with Crippen molar-refractivity contribution in [3.63, 3.8) is 0 Å². The van der Waals surface area contributed by atoms with Crippen LogP contribution in [0.1, 0.15) is 58.4 Å². The van der Waals surface area contributed by atoms with Gasteiger partial charge >= 0.3 is 0 Å². The molecular formula is C31H42N6O3. The van der Waals surface area contributed by atoms with Crippen LogP contribution in [0.15, 0.2) is 30.5 Å². The number of aliphatic hydroxyl groups is 1. The van der Waals surface area contributed by atoms with E-state index in [2.05, 4.69) is 55.4 Å². The molecule has 0 radical (unpaired) electrons. The molecule has 1 saturated heterocycles. The topological polar surface area (TPSA) is 95.2 Å². The minimum absolute atomic E-state index is 0.00351. The molecule has 1 amide bonds. The van der Waals surface area contributed by atoms with Crippen LogP contribution in [0.2, 0.25) is 0 Å². The van der Waals surface area contributed by atoms with Gasteiger partial charge in [-0.05, 0) is 80.2 Å². The Labute approximate surface area is 236 Å². The summed E-state index contributed by atoms with van der Waals surface area (Å²) in [7, 11) is 3.81. The second-order valence-electron chi connectivity index (χ2n) is 12.7. The summed E-state index contributed by atoms with van der Waals surface area (Å²) in [6.07, 6.45) is 7.99. The number of anilines is 2. The van der Waals surface area contributed by atoms with Crippen molar-refractivity contribution >= 4 is 23.1 Å². The highest BCUT2D eigenvalue weighted by Crippen LogP contribution is 2.45. The highest BCUT2D eigenvalue weighted by Gasteiger charge is 2.46. The van der Waals surface area contributed by atoms with Crippen LogP contribution >= 0.6 is 0 Å². The Morgan fingerprint density at radius 3 is 2.65 bits per heavy atom. The Bertz CT molecular complexity index is 1420. The molecule has 2 fully saturated rings. The Hall–Kier alpha value is -3.33. The first-order chi connectivity index (χ1) is 19.1. The van der Waals surface area contributed by atoms with Crippen LogP contribution in [0.5, 0.6) is 5.88 Å². The molecular weight excluding hydrogens is 504 g/mol. The molecule has 1 saturated carbocycles. The molecule has 40 heavy (non-hydrogen) atoms. The maximum absolute atomic E-state index is 11.6. The van der Waals surface area contributed by atoms with E-state index in [-0.39, 0.29) is 17.9 Å². The van der Waals surface area contributed by atoms with E-state index in [1.165, 1.54) is 11.3 Å². The third-order valence-electron chi connectivity index (χ3n) is 10.2. The van der Waals surface area contributed by atoms with Gasteiger partial charge in [0.2, 0.25) is 17.7 Å². The van der Waals surface area contributed by atoms with E-state index in [0.717, 1.165) is 68.3 Å². The number of carbonyl (C=O) groups excluding carboxylic acids is 1. The zero-order chi connectivity index (χ0) is 28.2. The SMILES string of the molecule is COc1nc(NC2CCC3(CC2)CN(C(C)=O)C3)nn2ccc(-c3ccc4c(c3)C[C@@](C)(CCO)C(C)N4C)c12. The molecule has 9 heteroatoms. The van der Waals surface area contributed by atoms with Gasteiger partial charge in [-0.15, -0.1) is 5.10 Å². The molecule has 1 spiro atoms. The van der Waals surface area contributed by atoms with Gasteiger partial charge in [-0.25, -0.2) is 4.52 Å². The number of benzene rings is 1. The summed E-state index contributed by atoms with van der Waals surface area (Å²) < 4.78 is 7.66. The predicted octanol–water partition coefficient (Wildman–Crippen LogP) is 4.38. The van der Waals surface area contributed by atoms with Crippen molar-refractivity contribution in [1.29, 1.82) is 0 Å². The van der Waals surface area contributed by atoms with Crippen molar-refractivity contribution in [3.05, 3.63) is 36.0 Å². The van der Waals surface area contributed by atoms with Crippen LogP contribution in [0.25, 0.3) is 16.6 Å². The number of methoxy groups -OCH3 is 1. The van der Waals surface area contributed by atoms with Gasteiger partial charge in [-0.3, -0.25) is 4.79 Å². The Kier molecular flexibility index (Phi) is 6.68. The molecule has 1 aromatic carbocycles. The second kappa shape index (κ2) is 9.94. The van der Waals surface area contributed by atoms with Gasteiger partial charge in [-0.2, -0.15) is 4.98 Å². The number of hydrogen-bond acceptors (Lipinski definition) is 7. The molecule has 1 aliphatic carbocycles. The lowest BCUT2D eigenvalue weighted by molar-refractivity contribution is -0.143. The number of aromatic nitrogens is 3. The zero-order valence-corrected chi connectivity index (χ0v) is 24.4. The van der Waals surface area contributed by atoms with Gasteiger partial charge in [0.15, 0.2) is 0 Å². The number of fused-ring (bicyclic) bond motifs is 2. The Morgan fingerprint density at radius 1 is 1.23 bits per heavy atom. The molecule has 9 nitrogen and oxygen atoms in total. The van der Waals surface area contributed by atoms with Crippen molar-refractivity contribution in [3.8, 4) is 17.0 Å². The third kappa shape index (κ3) is 4.48. The molecule has 2 aromatic heterocycles. The fraction of sp³-hybridized carbons (Fsp3) is 0.581. The first-order valence-corrected chi connectivity index (χ1v) is 14.6. The highest BCUT2D eigenvalue weighted by atomic mass is 16.5. The number of amides is 1. The number of ether oxygens (including phenoxy) is 1. The molecule has 214 valence electrons. The van der Waals surface area contributed by atoms with E-state index >= 15 is 0 Å². The molecule has 3 aliphatic rings. The molecule has 6 rings (SSSR count). The first-order valence-electron chi connectivity index (χ1n) is 14.6. The minimum Gasteiger partial charge on any atom is -0.479 e. The van der Waals surface area contributed by atoms with Crippen molar-refractivity contribution in [2.24, 2.45) is 10.8 Å². The van der Waals surface area contributed by atoms with Gasteiger partial charge in [0.05, 0.1) is 7.11 Å². The molecule has 0 bridgehead atoms. The third-order valence-corrected chi connectivity index (χ3v) is 10.2. The molecule has 2 N–H and O–H groups in total. The van der Waals surface area contributed by atoms with Crippen LogP contribution < -0.4 is 15.0 Å². The van der Waals surface area contributed by atoms with Crippen molar-refractivity contribution < 1.29 is 14.6 Å². The fourth-order valence-electron chi connectivity index (χ4n) is 7.34. The van der Waals surface area contributed by atoms with Crippen molar-refractivity contribution in [1.82, 2.24) is 19.5 Å². The van der Waals surface area contributed by atoms with Crippen LogP contribution in [0.4, 0.5) is 11.6 Å². The normalized spacial score (nSPS) is 24.2. The zero-order valence-electron chi connectivity index (χ0n) is 24.4. The summed E-state index contributed by atoms with van der Waals surface area (Å²) in [4.78, 5) is 20.7. The van der Waals surface area contributed by atoms with Gasteiger partial charge in [0, 0.05) is 68.6 Å². The summed E-state index contributed by atoms with van der Waals surface area (Å²) in [5.41, 5.74) is 5.84. The van der Waals surface area contributed by atoms with Gasteiger partial charge in [0.25, 0.3) is 0 Å². The van der Waals surface area contributed by atoms with Crippen molar-refractivity contribution in [2.45, 2.75) is 71.4 Å². The first kappa shape index (κ1) is 26.9. The number of aliphatic hydroxyl groups excluding tert-OH is 1. The second-order valence-corrected chi connectivity index (χ2v) is 12.7. The Balaban J connectivity index is 1.23. The van der Waals surface area contributed by atoms with E-state index in [4.69, 9.17) is 14.8 Å². The van der Waals surface area contributed by atoms with Gasteiger partial charge < -0.3 is 25.0 Å². The van der Waals surface area contributed by atoms with E-state index in [1.807, 2.05) is 15.6 Å². The Morgan fingerprint density at radius 2 is 1.98 bits per heavy atom. The van der Waals surface area contributed by atoms with E-state index in [1.54, 1.807) is 14.0 Å². The van der Waals surface area contributed by atoms with Gasteiger partial charge in [0.1, 0.15) is 5.52 Å². The number of rotatable bonds is 6. The molecule has 3 aromatic rings.